The summed E-state index contributed by atoms with van der Waals surface area (Å²) in [6.07, 6.45) is 16.7. The highest BCUT2D eigenvalue weighted by atomic mass is 35.5. The molecule has 2 rings (SSSR count). The van der Waals surface area contributed by atoms with Crippen LogP contribution in [0.4, 0.5) is 0 Å². The van der Waals surface area contributed by atoms with Crippen molar-refractivity contribution in [3.63, 3.8) is 0 Å². The predicted octanol–water partition coefficient (Wildman–Crippen LogP) is 9.45. The molecular weight excluding hydrogens is 450 g/mol. The Balaban J connectivity index is 0.00000612. The lowest BCUT2D eigenvalue weighted by atomic mass is 10.1. The highest BCUT2D eigenvalue weighted by Crippen LogP contribution is 2.16. The van der Waals surface area contributed by atoms with Crippen LogP contribution in [0.1, 0.15) is 106 Å². The van der Waals surface area contributed by atoms with Crippen LogP contribution in [0.2, 0.25) is 0 Å². The minimum absolute atomic E-state index is 0. The molecule has 0 saturated heterocycles. The first-order chi connectivity index (χ1) is 16.7. The standard InChI is InChI=1S/C32H51NO.ClH/c1-4-5-6-7-8-9-10-11-12-13-14-19-25-34-26-24-33(27-31-22-17-15-20-29(31)2)28-32-23-18-16-21-30(32)3;/h15-18,20-23H,4-14,19,24-28H2,1-3H3;1H. The Kier molecular flexibility index (Phi) is 18.8. The fraction of sp³-hybridized carbons (Fsp3) is 0.625. The first-order valence-corrected chi connectivity index (χ1v) is 14.1. The van der Waals surface area contributed by atoms with Gasteiger partial charge in [0.05, 0.1) is 6.61 Å². The van der Waals surface area contributed by atoms with Gasteiger partial charge in [0.25, 0.3) is 0 Å². The van der Waals surface area contributed by atoms with Gasteiger partial charge in [-0.05, 0) is 42.5 Å². The van der Waals surface area contributed by atoms with E-state index < -0.39 is 0 Å². The summed E-state index contributed by atoms with van der Waals surface area (Å²) in [5, 5.41) is 0. The van der Waals surface area contributed by atoms with Crippen molar-refractivity contribution in [3.8, 4) is 0 Å². The summed E-state index contributed by atoms with van der Waals surface area (Å²) in [6.45, 7) is 11.4. The Morgan fingerprint density at radius 2 is 1.00 bits per heavy atom. The lowest BCUT2D eigenvalue weighted by Gasteiger charge is -2.24. The van der Waals surface area contributed by atoms with E-state index >= 15 is 0 Å². The van der Waals surface area contributed by atoms with E-state index in [1.165, 1.54) is 99.3 Å². The second-order valence-electron chi connectivity index (χ2n) is 10.1. The molecule has 0 N–H and O–H groups in total. The molecule has 2 aromatic rings. The van der Waals surface area contributed by atoms with Crippen LogP contribution in [-0.2, 0) is 17.8 Å². The van der Waals surface area contributed by atoms with Crippen LogP contribution in [0.25, 0.3) is 0 Å². The van der Waals surface area contributed by atoms with Gasteiger partial charge in [-0.3, -0.25) is 4.90 Å². The van der Waals surface area contributed by atoms with Gasteiger partial charge in [-0.15, -0.1) is 12.4 Å². The fourth-order valence-electron chi connectivity index (χ4n) is 4.61. The monoisotopic (exact) mass is 501 g/mol. The predicted molar refractivity (Wildman–Crippen MR) is 156 cm³/mol. The number of nitrogens with zero attached hydrogens (tertiary/aromatic N) is 1. The SMILES string of the molecule is CCCCCCCCCCCCCCOCCN(Cc1ccccc1C)Cc1ccccc1C.Cl. The molecule has 0 radical (unpaired) electrons. The highest BCUT2D eigenvalue weighted by molar-refractivity contribution is 5.85. The van der Waals surface area contributed by atoms with E-state index in [1.807, 2.05) is 0 Å². The molecule has 2 nitrogen and oxygen atoms in total. The largest absolute Gasteiger partial charge is 0.380 e. The molecule has 3 heteroatoms. The topological polar surface area (TPSA) is 12.5 Å². The minimum Gasteiger partial charge on any atom is -0.380 e. The molecule has 2 aromatic carbocycles. The van der Waals surface area contributed by atoms with Crippen LogP contribution in [0.15, 0.2) is 48.5 Å². The molecule has 0 bridgehead atoms. The van der Waals surface area contributed by atoms with Gasteiger partial charge in [0.1, 0.15) is 0 Å². The summed E-state index contributed by atoms with van der Waals surface area (Å²) in [5.41, 5.74) is 5.57. The van der Waals surface area contributed by atoms with Crippen molar-refractivity contribution in [3.05, 3.63) is 70.8 Å². The zero-order chi connectivity index (χ0) is 24.3. The summed E-state index contributed by atoms with van der Waals surface area (Å²) in [6, 6.07) is 17.5. The zero-order valence-corrected chi connectivity index (χ0v) is 23.7. The van der Waals surface area contributed by atoms with Crippen molar-refractivity contribution in [2.75, 3.05) is 19.8 Å². The van der Waals surface area contributed by atoms with Gasteiger partial charge in [0.15, 0.2) is 0 Å². The Bertz CT molecular complexity index is 715. The van der Waals surface area contributed by atoms with Gasteiger partial charge in [0, 0.05) is 26.2 Å². The maximum absolute atomic E-state index is 6.05. The van der Waals surface area contributed by atoms with Gasteiger partial charge in [-0.1, -0.05) is 126 Å². The molecule has 0 unspecified atom stereocenters. The smallest absolute Gasteiger partial charge is 0.0593 e. The Morgan fingerprint density at radius 3 is 1.46 bits per heavy atom. The normalized spacial score (nSPS) is 11.1. The van der Waals surface area contributed by atoms with Crippen LogP contribution in [0.5, 0.6) is 0 Å². The molecule has 0 spiro atoms. The van der Waals surface area contributed by atoms with Crippen molar-refractivity contribution in [1.82, 2.24) is 4.90 Å². The van der Waals surface area contributed by atoms with Crippen LogP contribution < -0.4 is 0 Å². The molecule has 0 amide bonds. The summed E-state index contributed by atoms with van der Waals surface area (Å²) in [7, 11) is 0. The molecule has 0 aromatic heterocycles. The first-order valence-electron chi connectivity index (χ1n) is 14.1. The molecule has 35 heavy (non-hydrogen) atoms. The summed E-state index contributed by atoms with van der Waals surface area (Å²) in [4.78, 5) is 2.53. The molecule has 198 valence electrons. The van der Waals surface area contributed by atoms with E-state index in [0.29, 0.717) is 0 Å². The quantitative estimate of drug-likeness (QED) is 0.167. The number of benzene rings is 2. The van der Waals surface area contributed by atoms with Crippen molar-refractivity contribution in [2.45, 2.75) is 111 Å². The van der Waals surface area contributed by atoms with E-state index in [0.717, 1.165) is 32.8 Å². The van der Waals surface area contributed by atoms with E-state index in [4.69, 9.17) is 4.74 Å². The van der Waals surface area contributed by atoms with Gasteiger partial charge in [-0.2, -0.15) is 0 Å². The lowest BCUT2D eigenvalue weighted by molar-refractivity contribution is 0.0954. The lowest BCUT2D eigenvalue weighted by Crippen LogP contribution is -2.27. The number of unbranched alkanes of at least 4 members (excludes halogenated alkanes) is 11. The fourth-order valence-corrected chi connectivity index (χ4v) is 4.61. The molecule has 0 aliphatic rings. The van der Waals surface area contributed by atoms with Crippen LogP contribution in [0, 0.1) is 13.8 Å². The number of rotatable bonds is 20. The zero-order valence-electron chi connectivity index (χ0n) is 22.9. The van der Waals surface area contributed by atoms with E-state index in [2.05, 4.69) is 74.2 Å². The number of halogens is 1. The van der Waals surface area contributed by atoms with Gasteiger partial charge in [-0.25, -0.2) is 0 Å². The number of ether oxygens (including phenoxy) is 1. The molecule has 0 heterocycles. The maximum Gasteiger partial charge on any atom is 0.0593 e. The molecule has 0 atom stereocenters. The third kappa shape index (κ3) is 14.7. The van der Waals surface area contributed by atoms with E-state index in [1.54, 1.807) is 0 Å². The molecule has 0 aliphatic carbocycles. The minimum atomic E-state index is 0. The van der Waals surface area contributed by atoms with Crippen molar-refractivity contribution in [2.24, 2.45) is 0 Å². The average Bonchev–Trinajstić information content (AvgIpc) is 2.84. The first kappa shape index (κ1) is 31.7. The average molecular weight is 502 g/mol. The number of hydrogen-bond acceptors (Lipinski definition) is 2. The van der Waals surface area contributed by atoms with Crippen molar-refractivity contribution >= 4 is 12.4 Å². The molecule has 0 fully saturated rings. The van der Waals surface area contributed by atoms with Gasteiger partial charge in [0.2, 0.25) is 0 Å². The Morgan fingerprint density at radius 1 is 0.571 bits per heavy atom. The summed E-state index contributed by atoms with van der Waals surface area (Å²) < 4.78 is 6.05. The number of aryl methyl sites for hydroxylation is 2. The molecule has 0 aliphatic heterocycles. The molecule has 0 saturated carbocycles. The van der Waals surface area contributed by atoms with Crippen LogP contribution >= 0.6 is 12.4 Å². The second kappa shape index (κ2) is 20.8. The van der Waals surface area contributed by atoms with E-state index in [-0.39, 0.29) is 12.4 Å². The van der Waals surface area contributed by atoms with E-state index in [9.17, 15) is 0 Å². The maximum atomic E-state index is 6.05. The van der Waals surface area contributed by atoms with Crippen molar-refractivity contribution in [1.29, 1.82) is 0 Å². The third-order valence-corrected chi connectivity index (χ3v) is 7.00. The summed E-state index contributed by atoms with van der Waals surface area (Å²) >= 11 is 0. The Hall–Kier alpha value is -1.35. The van der Waals surface area contributed by atoms with Crippen LogP contribution in [0.3, 0.4) is 0 Å². The van der Waals surface area contributed by atoms with Crippen LogP contribution in [-0.4, -0.2) is 24.7 Å². The third-order valence-electron chi connectivity index (χ3n) is 7.00. The Labute approximate surface area is 223 Å². The summed E-state index contributed by atoms with van der Waals surface area (Å²) in [5.74, 6) is 0. The second-order valence-corrected chi connectivity index (χ2v) is 10.1. The number of hydrogen-bond donors (Lipinski definition) is 0. The van der Waals surface area contributed by atoms with Crippen molar-refractivity contribution < 1.29 is 4.74 Å². The highest BCUT2D eigenvalue weighted by Gasteiger charge is 2.10. The van der Waals surface area contributed by atoms with Gasteiger partial charge >= 0.3 is 0 Å². The van der Waals surface area contributed by atoms with Gasteiger partial charge < -0.3 is 4.74 Å². The molecular formula is C32H52ClNO.